The summed E-state index contributed by atoms with van der Waals surface area (Å²) in [7, 11) is 0. The molecule has 4 aromatic rings. The van der Waals surface area contributed by atoms with Gasteiger partial charge in [-0.25, -0.2) is 0 Å². The Balaban J connectivity index is 1.49. The zero-order valence-electron chi connectivity index (χ0n) is 19.7. The molecule has 0 saturated carbocycles. The molecule has 2 N–H and O–H groups in total. The van der Waals surface area contributed by atoms with Crippen molar-refractivity contribution < 1.29 is 14.5 Å². The Labute approximate surface area is 218 Å². The molecule has 0 unspecified atom stereocenters. The summed E-state index contributed by atoms with van der Waals surface area (Å²) in [6.07, 6.45) is 1.48. The Hall–Kier alpha value is -4.69. The molecule has 4 rings (SSSR count). The number of nitro groups is 1. The number of anilines is 1. The van der Waals surface area contributed by atoms with Crippen LogP contribution >= 0.6 is 11.8 Å². The molecular weight excluding hydrogens is 486 g/mol. The lowest BCUT2D eigenvalue weighted by molar-refractivity contribution is -0.384. The first-order valence-electron chi connectivity index (χ1n) is 11.4. The van der Waals surface area contributed by atoms with Gasteiger partial charge in [0.25, 0.3) is 17.5 Å². The lowest BCUT2D eigenvalue weighted by atomic mass is 10.1. The number of hydrogen-bond acceptors (Lipinski definition) is 5. The van der Waals surface area contributed by atoms with Gasteiger partial charge in [0.15, 0.2) is 0 Å². The topological polar surface area (TPSA) is 101 Å². The van der Waals surface area contributed by atoms with Gasteiger partial charge in [0.2, 0.25) is 0 Å². The van der Waals surface area contributed by atoms with Gasteiger partial charge < -0.3 is 10.6 Å². The number of hydrogen-bond donors (Lipinski definition) is 2. The van der Waals surface area contributed by atoms with Crippen LogP contribution in [0.2, 0.25) is 0 Å². The largest absolute Gasteiger partial charge is 0.321 e. The van der Waals surface area contributed by atoms with Gasteiger partial charge in [0.05, 0.1) is 4.92 Å². The number of carbonyl (C=O) groups is 2. The van der Waals surface area contributed by atoms with Crippen molar-refractivity contribution in [3.8, 4) is 0 Å². The first kappa shape index (κ1) is 25.4. The van der Waals surface area contributed by atoms with E-state index in [4.69, 9.17) is 0 Å². The van der Waals surface area contributed by atoms with Crippen LogP contribution in [-0.4, -0.2) is 16.7 Å². The molecule has 0 aliphatic rings. The number of thioether (sulfide) groups is 1. The molecule has 0 aromatic heterocycles. The standard InChI is InChI=1S/C29H23N3O4S/c33-28(23-9-5-2-6-10-23)31-27(19-21-11-15-25(16-12-21)32(35)36)29(34)30-24-13-17-26(18-14-24)37-20-22-7-3-1-4-8-22/h1-19H,20H2,(H,30,34)(H,31,33)/b27-19-. The molecule has 0 aliphatic carbocycles. The Morgan fingerprint density at radius 2 is 1.43 bits per heavy atom. The minimum absolute atomic E-state index is 0.00485. The molecule has 0 radical (unpaired) electrons. The molecular formula is C29H23N3O4S. The molecule has 0 spiro atoms. The van der Waals surface area contributed by atoms with Gasteiger partial charge in [-0.05, 0) is 65.7 Å². The number of nitrogens with one attached hydrogen (secondary N) is 2. The number of rotatable bonds is 9. The van der Waals surface area contributed by atoms with Gasteiger partial charge in [0.1, 0.15) is 5.70 Å². The van der Waals surface area contributed by atoms with Crippen molar-refractivity contribution in [3.05, 3.63) is 142 Å². The molecule has 0 bridgehead atoms. The smallest absolute Gasteiger partial charge is 0.272 e. The quantitative estimate of drug-likeness (QED) is 0.119. The molecule has 7 nitrogen and oxygen atoms in total. The van der Waals surface area contributed by atoms with E-state index in [1.165, 1.54) is 35.9 Å². The molecule has 184 valence electrons. The number of carbonyl (C=O) groups excluding carboxylic acids is 2. The minimum Gasteiger partial charge on any atom is -0.321 e. The normalized spacial score (nSPS) is 11.0. The van der Waals surface area contributed by atoms with Crippen molar-refractivity contribution in [2.45, 2.75) is 10.6 Å². The average Bonchev–Trinajstić information content (AvgIpc) is 2.93. The molecule has 0 heterocycles. The molecule has 0 atom stereocenters. The van der Waals surface area contributed by atoms with Gasteiger partial charge >= 0.3 is 0 Å². The number of amides is 2. The van der Waals surface area contributed by atoms with Gasteiger partial charge in [-0.2, -0.15) is 0 Å². The maximum absolute atomic E-state index is 13.1. The van der Waals surface area contributed by atoms with E-state index in [1.54, 1.807) is 54.2 Å². The highest BCUT2D eigenvalue weighted by Gasteiger charge is 2.15. The van der Waals surface area contributed by atoms with E-state index >= 15 is 0 Å². The van der Waals surface area contributed by atoms with Crippen molar-refractivity contribution in [2.24, 2.45) is 0 Å². The highest BCUT2D eigenvalue weighted by Crippen LogP contribution is 2.24. The Bertz CT molecular complexity index is 1410. The lowest BCUT2D eigenvalue weighted by Gasteiger charge is -2.12. The summed E-state index contributed by atoms with van der Waals surface area (Å²) < 4.78 is 0. The Kier molecular flexibility index (Phi) is 8.46. The van der Waals surface area contributed by atoms with Gasteiger partial charge in [-0.15, -0.1) is 11.8 Å². The second kappa shape index (κ2) is 12.3. The van der Waals surface area contributed by atoms with E-state index in [0.29, 0.717) is 16.8 Å². The SMILES string of the molecule is O=C(Nc1ccc(SCc2ccccc2)cc1)/C(=C/c1ccc([N+](=O)[O-])cc1)NC(=O)c1ccccc1. The van der Waals surface area contributed by atoms with E-state index in [9.17, 15) is 19.7 Å². The van der Waals surface area contributed by atoms with Crippen LogP contribution in [0.15, 0.2) is 120 Å². The highest BCUT2D eigenvalue weighted by atomic mass is 32.2. The van der Waals surface area contributed by atoms with Crippen molar-refractivity contribution in [1.29, 1.82) is 0 Å². The second-order valence-electron chi connectivity index (χ2n) is 7.98. The predicted molar refractivity (Wildman–Crippen MR) is 146 cm³/mol. The fraction of sp³-hybridized carbons (Fsp3) is 0.0345. The van der Waals surface area contributed by atoms with Crippen molar-refractivity contribution >= 4 is 41.0 Å². The summed E-state index contributed by atoms with van der Waals surface area (Å²) in [4.78, 5) is 37.4. The highest BCUT2D eigenvalue weighted by molar-refractivity contribution is 7.98. The van der Waals surface area contributed by atoms with Gasteiger partial charge in [-0.3, -0.25) is 19.7 Å². The van der Waals surface area contributed by atoms with Gasteiger partial charge in [0, 0.05) is 34.0 Å². The van der Waals surface area contributed by atoms with E-state index in [2.05, 4.69) is 22.8 Å². The fourth-order valence-corrected chi connectivity index (χ4v) is 4.23. The monoisotopic (exact) mass is 509 g/mol. The van der Waals surface area contributed by atoms with E-state index in [0.717, 1.165) is 10.6 Å². The Morgan fingerprint density at radius 1 is 0.811 bits per heavy atom. The molecule has 4 aromatic carbocycles. The first-order valence-corrected chi connectivity index (χ1v) is 12.4. The average molecular weight is 510 g/mol. The third-order valence-corrected chi connectivity index (χ3v) is 6.39. The number of benzene rings is 4. The van der Waals surface area contributed by atoms with Crippen LogP contribution in [-0.2, 0) is 10.5 Å². The van der Waals surface area contributed by atoms with Crippen LogP contribution < -0.4 is 10.6 Å². The predicted octanol–water partition coefficient (Wildman–Crippen LogP) is 6.30. The first-order chi connectivity index (χ1) is 18.0. The van der Waals surface area contributed by atoms with Gasteiger partial charge in [-0.1, -0.05) is 48.5 Å². The molecule has 2 amide bonds. The molecule has 8 heteroatoms. The molecule has 0 saturated heterocycles. The summed E-state index contributed by atoms with van der Waals surface area (Å²) in [5, 5.41) is 16.4. The number of non-ortho nitro benzene ring substituents is 1. The van der Waals surface area contributed by atoms with Crippen LogP contribution in [0.1, 0.15) is 21.5 Å². The van der Waals surface area contributed by atoms with E-state index < -0.39 is 16.7 Å². The summed E-state index contributed by atoms with van der Waals surface area (Å²) in [5.41, 5.74) is 2.64. The Morgan fingerprint density at radius 3 is 2.05 bits per heavy atom. The second-order valence-corrected chi connectivity index (χ2v) is 9.03. The molecule has 0 fully saturated rings. The zero-order chi connectivity index (χ0) is 26.0. The lowest BCUT2D eigenvalue weighted by Crippen LogP contribution is -2.30. The summed E-state index contributed by atoms with van der Waals surface area (Å²) in [5.74, 6) is -0.135. The number of nitrogens with zero attached hydrogens (tertiary/aromatic N) is 1. The molecule has 37 heavy (non-hydrogen) atoms. The molecule has 0 aliphatic heterocycles. The van der Waals surface area contributed by atoms with Crippen LogP contribution in [0.3, 0.4) is 0 Å². The van der Waals surface area contributed by atoms with Crippen LogP contribution in [0.4, 0.5) is 11.4 Å². The number of nitro benzene ring substituents is 1. The third-order valence-electron chi connectivity index (χ3n) is 5.30. The summed E-state index contributed by atoms with van der Waals surface area (Å²) >= 11 is 1.69. The zero-order valence-corrected chi connectivity index (χ0v) is 20.5. The summed E-state index contributed by atoms with van der Waals surface area (Å²) in [6.45, 7) is 0. The fourth-order valence-electron chi connectivity index (χ4n) is 3.38. The van der Waals surface area contributed by atoms with E-state index in [-0.39, 0.29) is 11.4 Å². The summed E-state index contributed by atoms with van der Waals surface area (Å²) in [6, 6.07) is 31.8. The van der Waals surface area contributed by atoms with Crippen molar-refractivity contribution in [1.82, 2.24) is 5.32 Å². The van der Waals surface area contributed by atoms with Crippen LogP contribution in [0.25, 0.3) is 6.08 Å². The van der Waals surface area contributed by atoms with E-state index in [1.807, 2.05) is 30.3 Å². The maximum Gasteiger partial charge on any atom is 0.272 e. The van der Waals surface area contributed by atoms with Crippen molar-refractivity contribution in [2.75, 3.05) is 5.32 Å². The van der Waals surface area contributed by atoms with Crippen LogP contribution in [0, 0.1) is 10.1 Å². The minimum atomic E-state index is -0.521. The van der Waals surface area contributed by atoms with Crippen molar-refractivity contribution in [3.63, 3.8) is 0 Å². The van der Waals surface area contributed by atoms with Crippen LogP contribution in [0.5, 0.6) is 0 Å². The third kappa shape index (κ3) is 7.39. The maximum atomic E-state index is 13.1.